The van der Waals surface area contributed by atoms with Gasteiger partial charge in [0, 0.05) is 43.2 Å². The standard InChI is InChI=1S/C26H27FN6O2/c27-21-6-3-19(4-7-21)24-25(33-12-14-35-15-13-33)32-22-8-5-20(16-23(22)31-24)26(34)30-11-1-2-18(17-29)9-10-28/h3-10,16-17,28-29H,1-2,11-15H2,(H,30,34)/b18-9-,28-10?,29-17?. The summed E-state index contributed by atoms with van der Waals surface area (Å²) in [6.45, 7) is 3.01. The molecule has 2 heterocycles. The van der Waals surface area contributed by atoms with Gasteiger partial charge in [0.1, 0.15) is 11.5 Å². The van der Waals surface area contributed by atoms with E-state index >= 15 is 0 Å². The second-order valence-corrected chi connectivity index (χ2v) is 8.12. The van der Waals surface area contributed by atoms with E-state index in [9.17, 15) is 9.18 Å². The van der Waals surface area contributed by atoms with Crippen molar-refractivity contribution in [3.05, 3.63) is 65.5 Å². The average molecular weight is 475 g/mol. The first-order chi connectivity index (χ1) is 17.1. The molecule has 0 saturated carbocycles. The fourth-order valence-corrected chi connectivity index (χ4v) is 3.89. The molecule has 0 aliphatic carbocycles. The van der Waals surface area contributed by atoms with Crippen LogP contribution in [0, 0.1) is 16.6 Å². The summed E-state index contributed by atoms with van der Waals surface area (Å²) >= 11 is 0. The Balaban J connectivity index is 1.58. The van der Waals surface area contributed by atoms with Gasteiger partial charge in [-0.25, -0.2) is 14.4 Å². The lowest BCUT2D eigenvalue weighted by atomic mass is 10.1. The summed E-state index contributed by atoms with van der Waals surface area (Å²) in [5.41, 5.74) is 3.83. The summed E-state index contributed by atoms with van der Waals surface area (Å²) in [6.07, 6.45) is 5.21. The van der Waals surface area contributed by atoms with Gasteiger partial charge in [0.05, 0.1) is 24.2 Å². The van der Waals surface area contributed by atoms with Gasteiger partial charge in [0.15, 0.2) is 5.82 Å². The number of anilines is 1. The van der Waals surface area contributed by atoms with Gasteiger partial charge in [-0.1, -0.05) is 0 Å². The lowest BCUT2D eigenvalue weighted by Crippen LogP contribution is -2.37. The van der Waals surface area contributed by atoms with Crippen LogP contribution in [0.4, 0.5) is 10.2 Å². The van der Waals surface area contributed by atoms with E-state index in [4.69, 9.17) is 25.5 Å². The molecule has 180 valence electrons. The van der Waals surface area contributed by atoms with Crippen molar-refractivity contribution in [1.29, 1.82) is 10.8 Å². The van der Waals surface area contributed by atoms with Crippen molar-refractivity contribution >= 4 is 35.2 Å². The van der Waals surface area contributed by atoms with Gasteiger partial charge in [-0.2, -0.15) is 0 Å². The Morgan fingerprint density at radius 1 is 1.09 bits per heavy atom. The zero-order chi connectivity index (χ0) is 24.6. The first kappa shape index (κ1) is 24.2. The number of nitrogens with zero attached hydrogens (tertiary/aromatic N) is 3. The third-order valence-corrected chi connectivity index (χ3v) is 5.75. The number of fused-ring (bicyclic) bond motifs is 1. The zero-order valence-corrected chi connectivity index (χ0v) is 19.3. The first-order valence-corrected chi connectivity index (χ1v) is 11.5. The summed E-state index contributed by atoms with van der Waals surface area (Å²) in [5, 5.41) is 17.3. The molecule has 9 heteroatoms. The van der Waals surface area contributed by atoms with E-state index < -0.39 is 0 Å². The minimum Gasteiger partial charge on any atom is -0.378 e. The lowest BCUT2D eigenvalue weighted by molar-refractivity contribution is 0.0953. The Kier molecular flexibility index (Phi) is 7.89. The molecule has 2 aromatic carbocycles. The van der Waals surface area contributed by atoms with E-state index in [0.717, 1.165) is 17.4 Å². The van der Waals surface area contributed by atoms with Crippen LogP contribution in [0.5, 0.6) is 0 Å². The van der Waals surface area contributed by atoms with Crippen molar-refractivity contribution < 1.29 is 13.9 Å². The molecule has 8 nitrogen and oxygen atoms in total. The number of hydrogen-bond donors (Lipinski definition) is 3. The number of benzene rings is 2. The third-order valence-electron chi connectivity index (χ3n) is 5.75. The molecule has 0 atom stereocenters. The molecule has 3 aromatic rings. The molecule has 4 rings (SSSR count). The summed E-state index contributed by atoms with van der Waals surface area (Å²) in [6, 6.07) is 11.4. The highest BCUT2D eigenvalue weighted by Crippen LogP contribution is 2.30. The maximum Gasteiger partial charge on any atom is 0.251 e. The maximum absolute atomic E-state index is 13.6. The Morgan fingerprint density at radius 2 is 1.86 bits per heavy atom. The summed E-state index contributed by atoms with van der Waals surface area (Å²) < 4.78 is 19.0. The number of amides is 1. The minimum absolute atomic E-state index is 0.221. The Labute approximate surface area is 202 Å². The molecule has 0 spiro atoms. The van der Waals surface area contributed by atoms with Gasteiger partial charge in [-0.05, 0) is 67.0 Å². The third kappa shape index (κ3) is 5.93. The normalized spacial score (nSPS) is 14.1. The number of hydrogen-bond acceptors (Lipinski definition) is 7. The van der Waals surface area contributed by atoms with Crippen LogP contribution in [0.3, 0.4) is 0 Å². The number of allylic oxidation sites excluding steroid dienone is 2. The second kappa shape index (κ2) is 11.4. The molecule has 3 N–H and O–H groups in total. The molecule has 35 heavy (non-hydrogen) atoms. The summed E-state index contributed by atoms with van der Waals surface area (Å²) in [4.78, 5) is 24.5. The SMILES string of the molecule is N=C/C=C(\C=N)CCCNC(=O)c1ccc2nc(N3CCOCC3)c(-c3ccc(F)cc3)nc2c1. The van der Waals surface area contributed by atoms with Crippen molar-refractivity contribution in [3.63, 3.8) is 0 Å². The highest BCUT2D eigenvalue weighted by Gasteiger charge is 2.20. The van der Waals surface area contributed by atoms with Crippen LogP contribution < -0.4 is 10.2 Å². The summed E-state index contributed by atoms with van der Waals surface area (Å²) in [7, 11) is 0. The van der Waals surface area contributed by atoms with Gasteiger partial charge in [-0.15, -0.1) is 0 Å². The van der Waals surface area contributed by atoms with Crippen LogP contribution in [-0.4, -0.2) is 61.2 Å². The molecule has 0 bridgehead atoms. The van der Waals surface area contributed by atoms with Gasteiger partial charge in [0.25, 0.3) is 5.91 Å². The molecule has 0 radical (unpaired) electrons. The summed E-state index contributed by atoms with van der Waals surface area (Å²) in [5.74, 6) is 0.168. The highest BCUT2D eigenvalue weighted by molar-refractivity contribution is 5.98. The fourth-order valence-electron chi connectivity index (χ4n) is 3.89. The predicted molar refractivity (Wildman–Crippen MR) is 135 cm³/mol. The molecule has 1 aromatic heterocycles. The number of carbonyl (C=O) groups excluding carboxylic acids is 1. The van der Waals surface area contributed by atoms with Gasteiger partial charge in [0.2, 0.25) is 0 Å². The van der Waals surface area contributed by atoms with Crippen molar-refractivity contribution in [2.45, 2.75) is 12.8 Å². The van der Waals surface area contributed by atoms with E-state index in [1.807, 2.05) is 0 Å². The Bertz CT molecular complexity index is 1250. The van der Waals surface area contributed by atoms with Gasteiger partial charge in [-0.3, -0.25) is 4.79 Å². The van der Waals surface area contributed by atoms with Crippen molar-refractivity contribution in [3.8, 4) is 11.3 Å². The predicted octanol–water partition coefficient (Wildman–Crippen LogP) is 4.01. The smallest absolute Gasteiger partial charge is 0.251 e. The van der Waals surface area contributed by atoms with E-state index in [0.29, 0.717) is 73.8 Å². The van der Waals surface area contributed by atoms with E-state index in [-0.39, 0.29) is 11.7 Å². The number of aromatic nitrogens is 2. The first-order valence-electron chi connectivity index (χ1n) is 11.5. The van der Waals surface area contributed by atoms with Crippen LogP contribution in [0.1, 0.15) is 23.2 Å². The minimum atomic E-state index is -0.324. The molecular weight excluding hydrogens is 447 g/mol. The maximum atomic E-state index is 13.6. The zero-order valence-electron chi connectivity index (χ0n) is 19.3. The molecule has 1 fully saturated rings. The fraction of sp³-hybridized carbons (Fsp3) is 0.269. The van der Waals surface area contributed by atoms with Crippen molar-refractivity contribution in [2.24, 2.45) is 0 Å². The van der Waals surface area contributed by atoms with Gasteiger partial charge < -0.3 is 25.8 Å². The Morgan fingerprint density at radius 3 is 2.57 bits per heavy atom. The van der Waals surface area contributed by atoms with Crippen LogP contribution in [0.15, 0.2) is 54.1 Å². The quantitative estimate of drug-likeness (QED) is 0.320. The van der Waals surface area contributed by atoms with Crippen molar-refractivity contribution in [2.75, 3.05) is 37.7 Å². The van der Waals surface area contributed by atoms with Gasteiger partial charge >= 0.3 is 0 Å². The number of rotatable bonds is 9. The average Bonchev–Trinajstić information content (AvgIpc) is 2.90. The topological polar surface area (TPSA) is 115 Å². The number of morpholine rings is 1. The molecule has 1 amide bonds. The molecule has 1 saturated heterocycles. The molecule has 1 aliphatic rings. The largest absolute Gasteiger partial charge is 0.378 e. The number of ether oxygens (including phenoxy) is 1. The lowest BCUT2D eigenvalue weighted by Gasteiger charge is -2.29. The molecule has 1 aliphatic heterocycles. The number of carbonyl (C=O) groups is 1. The molecule has 0 unspecified atom stereocenters. The Hall–Kier alpha value is -3.98. The van der Waals surface area contributed by atoms with Crippen LogP contribution in [0.2, 0.25) is 0 Å². The van der Waals surface area contributed by atoms with E-state index in [1.165, 1.54) is 18.3 Å². The highest BCUT2D eigenvalue weighted by atomic mass is 19.1. The number of nitrogens with one attached hydrogen (secondary N) is 3. The van der Waals surface area contributed by atoms with Crippen LogP contribution >= 0.6 is 0 Å². The monoisotopic (exact) mass is 474 g/mol. The van der Waals surface area contributed by atoms with Crippen molar-refractivity contribution in [1.82, 2.24) is 15.3 Å². The van der Waals surface area contributed by atoms with E-state index in [2.05, 4.69) is 10.2 Å². The second-order valence-electron chi connectivity index (χ2n) is 8.12. The van der Waals surface area contributed by atoms with E-state index in [1.54, 1.807) is 36.4 Å². The van der Waals surface area contributed by atoms with Crippen LogP contribution in [-0.2, 0) is 4.74 Å². The number of halogens is 1. The van der Waals surface area contributed by atoms with Crippen LogP contribution in [0.25, 0.3) is 22.3 Å². The molecular formula is C26H27FN6O2.